The van der Waals surface area contributed by atoms with Gasteiger partial charge in [0.1, 0.15) is 0 Å². The molecular formula is C30H55N2O3+. The van der Waals surface area contributed by atoms with Crippen LogP contribution in [0.25, 0.3) is 0 Å². The molecule has 0 radical (unpaired) electrons. The number of rotatable bonds is 8. The van der Waals surface area contributed by atoms with E-state index in [0.717, 1.165) is 62.1 Å². The summed E-state index contributed by atoms with van der Waals surface area (Å²) in [5.74, 6) is 3.71. The Labute approximate surface area is 215 Å². The van der Waals surface area contributed by atoms with Crippen LogP contribution in [0, 0.1) is 46.3 Å². The smallest absolute Gasteiger partial charge is 0.220 e. The van der Waals surface area contributed by atoms with Gasteiger partial charge in [0.05, 0.1) is 45.9 Å². The molecule has 4 saturated carbocycles. The second-order valence-electron chi connectivity index (χ2n) is 14.2. The Morgan fingerprint density at radius 2 is 1.80 bits per heavy atom. The molecule has 0 spiro atoms. The number of likely N-dealkylation sites (N-methyl/N-ethyl adjacent to an activating group) is 1. The lowest BCUT2D eigenvalue weighted by Crippen LogP contribution is -2.58. The van der Waals surface area contributed by atoms with Crippen LogP contribution < -0.4 is 5.32 Å². The molecule has 5 heteroatoms. The first-order valence-electron chi connectivity index (χ1n) is 14.9. The SMILES string of the molecule is CC[N+](C)(C)CCNC(=O)CC[C@@H](C)[C@H]1CCC2C3CCC4C[C@H](O)CC[C@]4(C)C3C[C@H](O)[C@@]21C. The van der Waals surface area contributed by atoms with Crippen molar-refractivity contribution in [3.8, 4) is 0 Å². The number of carbonyl (C=O) groups excluding carboxylic acids is 1. The first kappa shape index (κ1) is 27.4. The second kappa shape index (κ2) is 10.3. The van der Waals surface area contributed by atoms with Crippen LogP contribution in [0.3, 0.4) is 0 Å². The fourth-order valence-electron chi connectivity index (χ4n) is 9.46. The van der Waals surface area contributed by atoms with Gasteiger partial charge in [-0.1, -0.05) is 20.8 Å². The molecule has 0 heterocycles. The first-order chi connectivity index (χ1) is 16.4. The van der Waals surface area contributed by atoms with Crippen molar-refractivity contribution >= 4 is 5.91 Å². The molecule has 10 atom stereocenters. The fourth-order valence-corrected chi connectivity index (χ4v) is 9.46. The van der Waals surface area contributed by atoms with E-state index in [4.69, 9.17) is 0 Å². The summed E-state index contributed by atoms with van der Waals surface area (Å²) in [6.07, 6.45) is 10.1. The van der Waals surface area contributed by atoms with Gasteiger partial charge in [0.25, 0.3) is 0 Å². The van der Waals surface area contributed by atoms with Gasteiger partial charge in [-0.25, -0.2) is 0 Å². The largest absolute Gasteiger partial charge is 0.393 e. The molecule has 5 nitrogen and oxygen atoms in total. The van der Waals surface area contributed by atoms with E-state index in [1.165, 1.54) is 25.7 Å². The average Bonchev–Trinajstić information content (AvgIpc) is 3.17. The maximum atomic E-state index is 12.6. The van der Waals surface area contributed by atoms with Crippen LogP contribution in [-0.2, 0) is 4.79 Å². The van der Waals surface area contributed by atoms with E-state index < -0.39 is 0 Å². The third kappa shape index (κ3) is 5.08. The molecule has 202 valence electrons. The molecule has 0 aromatic heterocycles. The lowest BCUT2D eigenvalue weighted by molar-refractivity contribution is -0.887. The average molecular weight is 492 g/mol. The summed E-state index contributed by atoms with van der Waals surface area (Å²) in [4.78, 5) is 12.6. The molecule has 0 saturated heterocycles. The summed E-state index contributed by atoms with van der Waals surface area (Å²) in [6, 6.07) is 0. The van der Waals surface area contributed by atoms with Crippen LogP contribution in [-0.4, -0.2) is 66.5 Å². The van der Waals surface area contributed by atoms with Gasteiger partial charge in [0, 0.05) is 6.42 Å². The maximum absolute atomic E-state index is 12.6. The lowest BCUT2D eigenvalue weighted by atomic mass is 9.43. The minimum absolute atomic E-state index is 0.0168. The Hall–Kier alpha value is -0.650. The molecule has 0 aromatic carbocycles. The number of aliphatic hydroxyl groups excluding tert-OH is 2. The maximum Gasteiger partial charge on any atom is 0.220 e. The summed E-state index contributed by atoms with van der Waals surface area (Å²) in [5.41, 5.74) is 0.272. The Balaban J connectivity index is 1.37. The lowest BCUT2D eigenvalue weighted by Gasteiger charge is -2.62. The predicted molar refractivity (Wildman–Crippen MR) is 142 cm³/mol. The molecule has 4 unspecified atom stereocenters. The highest BCUT2D eigenvalue weighted by atomic mass is 16.3. The molecule has 4 aliphatic rings. The fraction of sp³-hybridized carbons (Fsp3) is 0.967. The molecule has 35 heavy (non-hydrogen) atoms. The van der Waals surface area contributed by atoms with Crippen LogP contribution in [0.15, 0.2) is 0 Å². The molecule has 4 rings (SSSR count). The first-order valence-corrected chi connectivity index (χ1v) is 14.9. The Bertz CT molecular complexity index is 756. The Kier molecular flexibility index (Phi) is 8.02. The number of amides is 1. The standard InChI is InChI=1S/C30H54N2O3/c1-7-32(5,6)17-16-31-28(35)13-8-20(2)24-11-12-25-23-10-9-21-18-22(33)14-15-29(21,3)26(23)19-27(34)30(24,25)4/h20-27,33-34H,7-19H2,1-6H3/p+1/t20-,21?,22-,23?,24-,25?,26?,27+,29+,30-/m1/s1. The van der Waals surface area contributed by atoms with Crippen LogP contribution >= 0.6 is 0 Å². The second-order valence-corrected chi connectivity index (χ2v) is 14.2. The van der Waals surface area contributed by atoms with Gasteiger partial charge in [0.2, 0.25) is 5.91 Å². The zero-order chi connectivity index (χ0) is 25.6. The number of hydrogen-bond acceptors (Lipinski definition) is 3. The van der Waals surface area contributed by atoms with Gasteiger partial charge in [-0.3, -0.25) is 4.79 Å². The summed E-state index contributed by atoms with van der Waals surface area (Å²) in [5, 5.41) is 25.2. The molecule has 3 N–H and O–H groups in total. The van der Waals surface area contributed by atoms with Crippen molar-refractivity contribution in [1.82, 2.24) is 5.32 Å². The highest BCUT2D eigenvalue weighted by Gasteiger charge is 2.63. The van der Waals surface area contributed by atoms with Crippen molar-refractivity contribution in [2.75, 3.05) is 33.7 Å². The van der Waals surface area contributed by atoms with Gasteiger partial charge < -0.3 is 20.0 Å². The van der Waals surface area contributed by atoms with E-state index in [1.54, 1.807) is 0 Å². The number of hydrogen-bond donors (Lipinski definition) is 3. The molecule has 4 aliphatic carbocycles. The van der Waals surface area contributed by atoms with Crippen molar-refractivity contribution in [2.24, 2.45) is 46.3 Å². The van der Waals surface area contributed by atoms with Gasteiger partial charge in [-0.05, 0) is 111 Å². The van der Waals surface area contributed by atoms with Gasteiger partial charge in [-0.15, -0.1) is 0 Å². The van der Waals surface area contributed by atoms with Crippen molar-refractivity contribution in [2.45, 2.75) is 104 Å². The van der Waals surface area contributed by atoms with E-state index in [-0.39, 0.29) is 28.9 Å². The third-order valence-electron chi connectivity index (χ3n) is 12.2. The van der Waals surface area contributed by atoms with Crippen molar-refractivity contribution < 1.29 is 19.5 Å². The Morgan fingerprint density at radius 1 is 1.06 bits per heavy atom. The molecule has 4 fully saturated rings. The topological polar surface area (TPSA) is 69.6 Å². The zero-order valence-corrected chi connectivity index (χ0v) is 23.6. The van der Waals surface area contributed by atoms with E-state index in [1.807, 2.05) is 0 Å². The Morgan fingerprint density at radius 3 is 2.51 bits per heavy atom. The van der Waals surface area contributed by atoms with E-state index >= 15 is 0 Å². The zero-order valence-electron chi connectivity index (χ0n) is 23.6. The number of fused-ring (bicyclic) bond motifs is 5. The number of nitrogens with one attached hydrogen (secondary N) is 1. The summed E-state index contributed by atoms with van der Waals surface area (Å²) < 4.78 is 0.929. The van der Waals surface area contributed by atoms with Crippen LogP contribution in [0.2, 0.25) is 0 Å². The van der Waals surface area contributed by atoms with Crippen molar-refractivity contribution in [3.63, 3.8) is 0 Å². The third-order valence-corrected chi connectivity index (χ3v) is 12.2. The number of nitrogens with zero attached hydrogens (tertiary/aromatic N) is 1. The van der Waals surface area contributed by atoms with E-state index in [9.17, 15) is 15.0 Å². The molecule has 0 aromatic rings. The molecule has 0 aliphatic heterocycles. The minimum Gasteiger partial charge on any atom is -0.393 e. The van der Waals surface area contributed by atoms with Crippen LogP contribution in [0.4, 0.5) is 0 Å². The molecule has 1 amide bonds. The molecule has 0 bridgehead atoms. The van der Waals surface area contributed by atoms with Crippen LogP contribution in [0.5, 0.6) is 0 Å². The van der Waals surface area contributed by atoms with Gasteiger partial charge in [0.15, 0.2) is 0 Å². The number of aliphatic hydroxyl groups is 2. The van der Waals surface area contributed by atoms with Crippen molar-refractivity contribution in [3.05, 3.63) is 0 Å². The van der Waals surface area contributed by atoms with Crippen molar-refractivity contribution in [1.29, 1.82) is 0 Å². The molecular weight excluding hydrogens is 436 g/mol. The van der Waals surface area contributed by atoms with Crippen LogP contribution in [0.1, 0.15) is 91.9 Å². The number of carbonyl (C=O) groups is 1. The summed E-state index contributed by atoms with van der Waals surface area (Å²) in [6.45, 7) is 12.2. The van der Waals surface area contributed by atoms with Gasteiger partial charge in [-0.2, -0.15) is 0 Å². The monoisotopic (exact) mass is 491 g/mol. The minimum atomic E-state index is -0.242. The van der Waals surface area contributed by atoms with Gasteiger partial charge >= 0.3 is 0 Å². The summed E-state index contributed by atoms with van der Waals surface area (Å²) in [7, 11) is 4.41. The normalized spacial score (nSPS) is 44.2. The van der Waals surface area contributed by atoms with E-state index in [2.05, 4.69) is 47.1 Å². The highest BCUT2D eigenvalue weighted by molar-refractivity contribution is 5.75. The number of quaternary nitrogens is 1. The summed E-state index contributed by atoms with van der Waals surface area (Å²) >= 11 is 0. The van der Waals surface area contributed by atoms with E-state index in [0.29, 0.717) is 36.0 Å². The highest BCUT2D eigenvalue weighted by Crippen LogP contribution is 2.68. The predicted octanol–water partition coefficient (Wildman–Crippen LogP) is 4.61. The quantitative estimate of drug-likeness (QED) is 0.435.